The molecule has 132 valence electrons. The zero-order chi connectivity index (χ0) is 17.9. The Balaban J connectivity index is 1.68. The first-order valence-corrected chi connectivity index (χ1v) is 8.97. The number of nitrogens with zero attached hydrogens (tertiary/aromatic N) is 1. The number of piperidine rings is 1. The summed E-state index contributed by atoms with van der Waals surface area (Å²) in [6.07, 6.45) is 1.05. The first-order chi connectivity index (χ1) is 12.0. The van der Waals surface area contributed by atoms with Gasteiger partial charge in [-0.2, -0.15) is 0 Å². The van der Waals surface area contributed by atoms with Gasteiger partial charge in [0.2, 0.25) is 0 Å². The highest BCUT2D eigenvalue weighted by atomic mass is 35.5. The van der Waals surface area contributed by atoms with Gasteiger partial charge >= 0.3 is 5.97 Å². The summed E-state index contributed by atoms with van der Waals surface area (Å²) < 4.78 is 0. The molecule has 0 aromatic heterocycles. The van der Waals surface area contributed by atoms with E-state index in [4.69, 9.17) is 23.2 Å². The van der Waals surface area contributed by atoms with E-state index in [-0.39, 0.29) is 0 Å². The third-order valence-electron chi connectivity index (χ3n) is 4.67. The molecule has 2 aromatic carbocycles. The number of hydrogen-bond donors (Lipinski definition) is 2. The topological polar surface area (TPSA) is 52.6 Å². The first kappa shape index (κ1) is 18.1. The molecule has 25 heavy (non-hydrogen) atoms. The van der Waals surface area contributed by atoms with Crippen LogP contribution in [0.1, 0.15) is 18.4 Å². The van der Waals surface area contributed by atoms with Crippen molar-refractivity contribution in [2.75, 3.05) is 18.4 Å². The summed E-state index contributed by atoms with van der Waals surface area (Å²) in [5.74, 6) is -0.835. The van der Waals surface area contributed by atoms with E-state index in [2.05, 4.69) is 22.3 Å². The fourth-order valence-electron chi connectivity index (χ4n) is 3.18. The maximum Gasteiger partial charge on any atom is 0.329 e. The lowest BCUT2D eigenvalue weighted by atomic mass is 9.87. The number of carbonyl (C=O) groups is 1. The minimum atomic E-state index is -0.982. The number of aliphatic carboxylic acids is 1. The molecule has 2 aromatic rings. The average Bonchev–Trinajstić information content (AvgIpc) is 2.61. The normalized spacial score (nSPS) is 17.2. The Kier molecular flexibility index (Phi) is 5.52. The van der Waals surface area contributed by atoms with Crippen LogP contribution in [0, 0.1) is 0 Å². The van der Waals surface area contributed by atoms with E-state index in [1.807, 2.05) is 18.2 Å². The van der Waals surface area contributed by atoms with Crippen LogP contribution in [0.2, 0.25) is 10.0 Å². The van der Waals surface area contributed by atoms with Crippen LogP contribution in [0.4, 0.5) is 5.69 Å². The minimum Gasteiger partial charge on any atom is -0.480 e. The van der Waals surface area contributed by atoms with Gasteiger partial charge in [-0.25, -0.2) is 4.79 Å². The highest BCUT2D eigenvalue weighted by molar-refractivity contribution is 6.42. The standard InChI is InChI=1S/C19H20Cl2N2O2/c20-16-7-6-15(12-17(16)21)22-19(18(24)25)8-10-23(11-9-19)13-14-4-2-1-3-5-14/h1-7,12,22H,8-11,13H2,(H,24,25). The van der Waals surface area contributed by atoms with Gasteiger partial charge in [-0.3, -0.25) is 4.90 Å². The molecule has 3 rings (SSSR count). The lowest BCUT2D eigenvalue weighted by Crippen LogP contribution is -2.54. The first-order valence-electron chi connectivity index (χ1n) is 8.21. The quantitative estimate of drug-likeness (QED) is 0.802. The van der Waals surface area contributed by atoms with E-state index in [0.29, 0.717) is 28.6 Å². The van der Waals surface area contributed by atoms with Crippen LogP contribution in [0.25, 0.3) is 0 Å². The predicted octanol–water partition coefficient (Wildman–Crippen LogP) is 4.52. The number of nitrogens with one attached hydrogen (secondary N) is 1. The molecule has 1 fully saturated rings. The molecule has 0 atom stereocenters. The Hall–Kier alpha value is -1.75. The maximum absolute atomic E-state index is 12.0. The third-order valence-corrected chi connectivity index (χ3v) is 5.41. The second-order valence-corrected chi connectivity index (χ2v) is 7.22. The molecule has 1 aliphatic rings. The highest BCUT2D eigenvalue weighted by Crippen LogP contribution is 2.31. The monoisotopic (exact) mass is 378 g/mol. The van der Waals surface area contributed by atoms with E-state index in [1.165, 1.54) is 5.56 Å². The van der Waals surface area contributed by atoms with Gasteiger partial charge in [0.15, 0.2) is 0 Å². The van der Waals surface area contributed by atoms with E-state index in [1.54, 1.807) is 18.2 Å². The molecule has 1 aliphatic heterocycles. The van der Waals surface area contributed by atoms with E-state index < -0.39 is 11.5 Å². The number of carboxylic acid groups (broad SMARTS) is 1. The number of rotatable bonds is 5. The van der Waals surface area contributed by atoms with Crippen molar-refractivity contribution in [3.8, 4) is 0 Å². The third kappa shape index (κ3) is 4.27. The van der Waals surface area contributed by atoms with E-state index >= 15 is 0 Å². The summed E-state index contributed by atoms with van der Waals surface area (Å²) in [5.41, 5.74) is 0.931. The van der Waals surface area contributed by atoms with Crippen LogP contribution in [-0.2, 0) is 11.3 Å². The molecule has 0 aliphatic carbocycles. The van der Waals surface area contributed by atoms with Gasteiger partial charge in [0.25, 0.3) is 0 Å². The van der Waals surface area contributed by atoms with Crippen molar-refractivity contribution in [1.82, 2.24) is 4.90 Å². The molecule has 2 N–H and O–H groups in total. The molecule has 1 heterocycles. The summed E-state index contributed by atoms with van der Waals surface area (Å²) in [4.78, 5) is 14.2. The molecule has 0 amide bonds. The average molecular weight is 379 g/mol. The predicted molar refractivity (Wildman–Crippen MR) is 101 cm³/mol. The molecule has 0 radical (unpaired) electrons. The van der Waals surface area contributed by atoms with Gasteiger partial charge in [0.1, 0.15) is 5.54 Å². The van der Waals surface area contributed by atoms with Gasteiger partial charge in [-0.1, -0.05) is 53.5 Å². The van der Waals surface area contributed by atoms with E-state index in [9.17, 15) is 9.90 Å². The number of carboxylic acids is 1. The van der Waals surface area contributed by atoms with Crippen LogP contribution in [0.5, 0.6) is 0 Å². The van der Waals surface area contributed by atoms with Gasteiger partial charge < -0.3 is 10.4 Å². The molecule has 0 saturated carbocycles. The molecule has 6 heteroatoms. The summed E-state index contributed by atoms with van der Waals surface area (Å²) in [7, 11) is 0. The zero-order valence-corrected chi connectivity index (χ0v) is 15.2. The van der Waals surface area contributed by atoms with Crippen molar-refractivity contribution in [2.24, 2.45) is 0 Å². The van der Waals surface area contributed by atoms with Crippen molar-refractivity contribution in [2.45, 2.75) is 24.9 Å². The van der Waals surface area contributed by atoms with Crippen molar-refractivity contribution in [3.05, 3.63) is 64.1 Å². The number of benzene rings is 2. The number of halogens is 2. The number of anilines is 1. The Morgan fingerprint density at radius 2 is 1.76 bits per heavy atom. The fourth-order valence-corrected chi connectivity index (χ4v) is 3.48. The van der Waals surface area contributed by atoms with Crippen molar-refractivity contribution >= 4 is 34.9 Å². The highest BCUT2D eigenvalue weighted by Gasteiger charge is 2.41. The molecule has 0 unspecified atom stereocenters. The lowest BCUT2D eigenvalue weighted by Gasteiger charge is -2.40. The number of hydrogen-bond acceptors (Lipinski definition) is 3. The van der Waals surface area contributed by atoms with Crippen LogP contribution >= 0.6 is 23.2 Å². The summed E-state index contributed by atoms with van der Waals surface area (Å²) in [5, 5.41) is 13.9. The maximum atomic E-state index is 12.0. The smallest absolute Gasteiger partial charge is 0.329 e. The summed E-state index contributed by atoms with van der Waals surface area (Å²) in [6, 6.07) is 15.3. The van der Waals surface area contributed by atoms with Crippen molar-refractivity contribution in [3.63, 3.8) is 0 Å². The van der Waals surface area contributed by atoms with Crippen molar-refractivity contribution < 1.29 is 9.90 Å². The van der Waals surface area contributed by atoms with Gasteiger partial charge in [0, 0.05) is 25.3 Å². The summed E-state index contributed by atoms with van der Waals surface area (Å²) in [6.45, 7) is 2.27. The lowest BCUT2D eigenvalue weighted by molar-refractivity contribution is -0.144. The Bertz CT molecular complexity index is 744. The van der Waals surface area contributed by atoms with Crippen molar-refractivity contribution in [1.29, 1.82) is 0 Å². The Morgan fingerprint density at radius 1 is 1.08 bits per heavy atom. The molecule has 4 nitrogen and oxygen atoms in total. The number of likely N-dealkylation sites (tertiary alicyclic amines) is 1. The second kappa shape index (κ2) is 7.65. The van der Waals surface area contributed by atoms with E-state index in [0.717, 1.165) is 19.6 Å². The van der Waals surface area contributed by atoms with Crippen LogP contribution in [0.3, 0.4) is 0 Å². The molecule has 0 bridgehead atoms. The van der Waals surface area contributed by atoms with Crippen LogP contribution in [-0.4, -0.2) is 34.6 Å². The van der Waals surface area contributed by atoms with Crippen LogP contribution in [0.15, 0.2) is 48.5 Å². The molecular weight excluding hydrogens is 359 g/mol. The Morgan fingerprint density at radius 3 is 2.36 bits per heavy atom. The largest absolute Gasteiger partial charge is 0.480 e. The van der Waals surface area contributed by atoms with Gasteiger partial charge in [-0.05, 0) is 36.6 Å². The van der Waals surface area contributed by atoms with Gasteiger partial charge in [0.05, 0.1) is 10.0 Å². The second-order valence-electron chi connectivity index (χ2n) is 6.40. The van der Waals surface area contributed by atoms with Gasteiger partial charge in [-0.15, -0.1) is 0 Å². The molecule has 1 saturated heterocycles. The minimum absolute atomic E-state index is 0.411. The van der Waals surface area contributed by atoms with Crippen LogP contribution < -0.4 is 5.32 Å². The molecule has 0 spiro atoms. The molecular formula is C19H20Cl2N2O2. The fraction of sp³-hybridized carbons (Fsp3) is 0.316. The Labute approximate surface area is 157 Å². The summed E-state index contributed by atoms with van der Waals surface area (Å²) >= 11 is 12.0. The SMILES string of the molecule is O=C(O)C1(Nc2ccc(Cl)c(Cl)c2)CCN(Cc2ccccc2)CC1. The zero-order valence-electron chi connectivity index (χ0n) is 13.7.